The van der Waals surface area contributed by atoms with Crippen molar-refractivity contribution in [3.8, 4) is 0 Å². The van der Waals surface area contributed by atoms with Crippen molar-refractivity contribution in [2.45, 2.75) is 17.6 Å². The van der Waals surface area contributed by atoms with Gasteiger partial charge in [-0.25, -0.2) is 0 Å². The fourth-order valence-corrected chi connectivity index (χ4v) is 1.40. The van der Waals surface area contributed by atoms with Gasteiger partial charge in [0.25, 0.3) is 0 Å². The predicted molar refractivity (Wildman–Crippen MR) is 35.1 cm³/mol. The second-order valence-corrected chi connectivity index (χ2v) is 3.62. The third kappa shape index (κ3) is 1.61. The molecule has 4 heteroatoms. The number of hydrogen-bond donors (Lipinski definition) is 0. The summed E-state index contributed by atoms with van der Waals surface area (Å²) in [5, 5.41) is 0. The number of imide groups is 1. The molecular formula is C7H8AuNO2. The molecule has 1 rings (SSSR count). The normalized spacial score (nSPS) is 19.7. The summed E-state index contributed by atoms with van der Waals surface area (Å²) in [6.07, 6.45) is 3.39. The molecule has 0 aliphatic carbocycles. The molecule has 1 aliphatic heterocycles. The van der Waals surface area contributed by atoms with Crippen LogP contribution in [0.5, 0.6) is 0 Å². The van der Waals surface area contributed by atoms with E-state index in [1.165, 1.54) is 17.1 Å². The average Bonchev–Trinajstić information content (AvgIpc) is 2.30. The maximum absolute atomic E-state index is 11.0. The Morgan fingerprint density at radius 1 is 1.45 bits per heavy atom. The number of rotatable bonds is 2. The Labute approximate surface area is 77.4 Å². The van der Waals surface area contributed by atoms with Crippen LogP contribution in [-0.4, -0.2) is 21.0 Å². The molecule has 64 valence electrons. The van der Waals surface area contributed by atoms with Crippen molar-refractivity contribution in [1.29, 1.82) is 0 Å². The van der Waals surface area contributed by atoms with Crippen LogP contribution < -0.4 is 0 Å². The van der Waals surface area contributed by atoms with Gasteiger partial charge in [-0.05, 0) is 0 Å². The number of amides is 2. The zero-order valence-corrected chi connectivity index (χ0v) is 8.17. The second kappa shape index (κ2) is 3.34. The Hall–Kier alpha value is -0.380. The van der Waals surface area contributed by atoms with E-state index in [1.807, 2.05) is 6.92 Å². The Morgan fingerprint density at radius 3 is 2.27 bits per heavy atom. The summed E-state index contributed by atoms with van der Waals surface area (Å²) in [5.41, 5.74) is 0. The zero-order valence-electron chi connectivity index (χ0n) is 6.00. The van der Waals surface area contributed by atoms with Crippen LogP contribution in [0.25, 0.3) is 0 Å². The molecular weight excluding hydrogens is 327 g/mol. The van der Waals surface area contributed by atoms with E-state index in [2.05, 4.69) is 21.1 Å². The first-order chi connectivity index (χ1) is 5.16. The van der Waals surface area contributed by atoms with Gasteiger partial charge in [0, 0.05) is 0 Å². The third-order valence-electron chi connectivity index (χ3n) is 1.41. The molecule has 1 heterocycles. The molecule has 0 aromatic rings. The van der Waals surface area contributed by atoms with Crippen LogP contribution in [0, 0.1) is 0 Å². The first-order valence-corrected chi connectivity index (χ1v) is 4.56. The standard InChI is InChI=1S/C7H8NO2.Au/c1-2-5-8-6(9)3-4-7(8)10;/h3-5H,2H2,1H3;. The van der Waals surface area contributed by atoms with Crippen molar-refractivity contribution in [2.24, 2.45) is 0 Å². The van der Waals surface area contributed by atoms with E-state index in [4.69, 9.17) is 0 Å². The second-order valence-electron chi connectivity index (χ2n) is 2.17. The van der Waals surface area contributed by atoms with Gasteiger partial charge in [-0.2, -0.15) is 0 Å². The van der Waals surface area contributed by atoms with Crippen molar-refractivity contribution < 1.29 is 30.7 Å². The van der Waals surface area contributed by atoms with E-state index in [-0.39, 0.29) is 16.1 Å². The fourth-order valence-electron chi connectivity index (χ4n) is 0.851. The van der Waals surface area contributed by atoms with Gasteiger partial charge in [-0.3, -0.25) is 0 Å². The van der Waals surface area contributed by atoms with Gasteiger partial charge in [-0.15, -0.1) is 0 Å². The molecule has 0 bridgehead atoms. The first-order valence-electron chi connectivity index (χ1n) is 3.31. The van der Waals surface area contributed by atoms with Gasteiger partial charge >= 0.3 is 77.1 Å². The minimum absolute atomic E-state index is 0.0370. The van der Waals surface area contributed by atoms with Crippen molar-refractivity contribution in [3.05, 3.63) is 12.2 Å². The Bertz CT molecular complexity index is 206. The van der Waals surface area contributed by atoms with E-state index >= 15 is 0 Å². The Balaban J connectivity index is 2.73. The number of hydrogen-bond acceptors (Lipinski definition) is 2. The molecule has 1 atom stereocenters. The Morgan fingerprint density at radius 2 is 1.91 bits per heavy atom. The molecule has 1 unspecified atom stereocenters. The molecule has 0 N–H and O–H groups in total. The fraction of sp³-hybridized carbons (Fsp3) is 0.429. The molecule has 0 aromatic heterocycles. The van der Waals surface area contributed by atoms with Crippen LogP contribution in [0.4, 0.5) is 0 Å². The van der Waals surface area contributed by atoms with Gasteiger partial charge in [0.1, 0.15) is 0 Å². The summed E-state index contributed by atoms with van der Waals surface area (Å²) in [6.45, 7) is 1.93. The number of carbonyl (C=O) groups is 2. The third-order valence-corrected chi connectivity index (χ3v) is 2.85. The van der Waals surface area contributed by atoms with Gasteiger partial charge in [0.15, 0.2) is 0 Å². The molecule has 0 spiro atoms. The first kappa shape index (κ1) is 8.71. The van der Waals surface area contributed by atoms with Gasteiger partial charge in [0.05, 0.1) is 0 Å². The molecule has 0 fully saturated rings. The molecule has 3 nitrogen and oxygen atoms in total. The van der Waals surface area contributed by atoms with Crippen LogP contribution in [0.2, 0.25) is 0 Å². The van der Waals surface area contributed by atoms with Crippen LogP contribution >= 0.6 is 0 Å². The van der Waals surface area contributed by atoms with Crippen LogP contribution in [-0.2, 0) is 30.7 Å². The average molecular weight is 335 g/mol. The molecule has 11 heavy (non-hydrogen) atoms. The van der Waals surface area contributed by atoms with Crippen LogP contribution in [0.15, 0.2) is 12.2 Å². The van der Waals surface area contributed by atoms with E-state index in [0.29, 0.717) is 0 Å². The molecule has 1 aliphatic rings. The minimum atomic E-state index is -0.204. The van der Waals surface area contributed by atoms with Gasteiger partial charge in [-0.1, -0.05) is 0 Å². The topological polar surface area (TPSA) is 37.4 Å². The van der Waals surface area contributed by atoms with E-state index < -0.39 is 0 Å². The van der Waals surface area contributed by atoms with Crippen LogP contribution in [0.3, 0.4) is 0 Å². The quantitative estimate of drug-likeness (QED) is 0.534. The summed E-state index contributed by atoms with van der Waals surface area (Å²) < 4.78 is -0.0370. The maximum atomic E-state index is 11.0. The van der Waals surface area contributed by atoms with E-state index in [1.54, 1.807) is 0 Å². The summed E-state index contributed by atoms with van der Waals surface area (Å²) in [7, 11) is 0. The SMILES string of the molecule is CC[CH]([Au])N1C(=O)C=CC1=O. The molecule has 2 amide bonds. The van der Waals surface area contributed by atoms with Crippen molar-refractivity contribution in [1.82, 2.24) is 4.90 Å². The summed E-state index contributed by atoms with van der Waals surface area (Å²) in [5.74, 6) is -0.409. The molecule has 0 saturated carbocycles. The van der Waals surface area contributed by atoms with Crippen molar-refractivity contribution in [3.63, 3.8) is 0 Å². The zero-order chi connectivity index (χ0) is 8.43. The van der Waals surface area contributed by atoms with Gasteiger partial charge < -0.3 is 0 Å². The number of carbonyl (C=O) groups excluding carboxylic acids is 2. The molecule has 0 saturated heterocycles. The number of nitrogens with zero attached hydrogens (tertiary/aromatic N) is 1. The Kier molecular flexibility index (Phi) is 2.65. The van der Waals surface area contributed by atoms with Gasteiger partial charge in [0.2, 0.25) is 0 Å². The monoisotopic (exact) mass is 335 g/mol. The van der Waals surface area contributed by atoms with Crippen LogP contribution in [0.1, 0.15) is 13.3 Å². The van der Waals surface area contributed by atoms with Crippen molar-refractivity contribution in [2.75, 3.05) is 0 Å². The molecule has 0 radical (unpaired) electrons. The summed E-state index contributed by atoms with van der Waals surface area (Å²) >= 11 is 2.27. The van der Waals surface area contributed by atoms with Crippen molar-refractivity contribution >= 4 is 11.8 Å². The predicted octanol–water partition coefficient (Wildman–Crippen LogP) is 0.194. The summed E-state index contributed by atoms with van der Waals surface area (Å²) in [6, 6.07) is 0. The van der Waals surface area contributed by atoms with E-state index in [9.17, 15) is 9.59 Å². The molecule has 0 aromatic carbocycles. The van der Waals surface area contributed by atoms with E-state index in [0.717, 1.165) is 6.42 Å². The summed E-state index contributed by atoms with van der Waals surface area (Å²) in [4.78, 5) is 23.2.